The van der Waals surface area contributed by atoms with Crippen molar-refractivity contribution in [1.82, 2.24) is 9.88 Å². The molecule has 2 N–H and O–H groups in total. The van der Waals surface area contributed by atoms with Crippen LogP contribution in [0, 0.1) is 13.8 Å². The molecule has 1 aliphatic rings. The Morgan fingerprint density at radius 1 is 0.972 bits per heavy atom. The Labute approximate surface area is 215 Å². The van der Waals surface area contributed by atoms with Gasteiger partial charge in [0.2, 0.25) is 0 Å². The number of aromatic nitrogens is 1. The van der Waals surface area contributed by atoms with Gasteiger partial charge in [-0.3, -0.25) is 4.79 Å². The van der Waals surface area contributed by atoms with Gasteiger partial charge < -0.3 is 24.7 Å². The number of pyridine rings is 1. The summed E-state index contributed by atoms with van der Waals surface area (Å²) < 4.78 is 11.4. The molecule has 1 aliphatic heterocycles. The van der Waals surface area contributed by atoms with E-state index in [0.29, 0.717) is 48.5 Å². The summed E-state index contributed by atoms with van der Waals surface area (Å²) in [4.78, 5) is 18.1. The van der Waals surface area contributed by atoms with Crippen molar-refractivity contribution in [3.63, 3.8) is 0 Å². The average Bonchev–Trinajstić information content (AvgIpc) is 2.86. The van der Waals surface area contributed by atoms with Crippen molar-refractivity contribution in [2.24, 2.45) is 0 Å². The second-order valence-corrected chi connectivity index (χ2v) is 9.49. The number of nitrogens with zero attached hydrogens (tertiary/aromatic N) is 1. The van der Waals surface area contributed by atoms with Gasteiger partial charge in [0.05, 0.1) is 12.1 Å². The smallest absolute Gasteiger partial charge is 0.253 e. The number of hydrogen-bond donors (Lipinski definition) is 2. The van der Waals surface area contributed by atoms with Crippen LogP contribution in [0.4, 0.5) is 5.69 Å². The number of thiocarbonyl (C=S) groups is 1. The molecule has 36 heavy (non-hydrogen) atoms. The highest BCUT2D eigenvalue weighted by atomic mass is 32.1. The van der Waals surface area contributed by atoms with E-state index in [1.165, 1.54) is 11.1 Å². The Morgan fingerprint density at radius 3 is 2.53 bits per heavy atom. The lowest BCUT2D eigenvalue weighted by Crippen LogP contribution is -2.37. The molecule has 184 valence electrons. The average molecular weight is 500 g/mol. The summed E-state index contributed by atoms with van der Waals surface area (Å²) in [6.45, 7) is 6.22. The summed E-state index contributed by atoms with van der Waals surface area (Å²) >= 11 is 5.83. The Hall–Kier alpha value is -3.84. The lowest BCUT2D eigenvalue weighted by molar-refractivity contribution is 0.172. The van der Waals surface area contributed by atoms with E-state index in [9.17, 15) is 4.79 Å². The molecule has 4 aromatic rings. The van der Waals surface area contributed by atoms with Crippen LogP contribution in [0.1, 0.15) is 22.3 Å². The summed E-state index contributed by atoms with van der Waals surface area (Å²) in [6, 6.07) is 22.1. The molecule has 0 saturated carbocycles. The molecule has 5 rings (SSSR count). The van der Waals surface area contributed by atoms with Gasteiger partial charge in [-0.15, -0.1) is 0 Å². The van der Waals surface area contributed by atoms with E-state index in [0.717, 1.165) is 28.6 Å². The van der Waals surface area contributed by atoms with Crippen molar-refractivity contribution >= 4 is 33.9 Å². The molecule has 0 radical (unpaired) electrons. The largest absolute Gasteiger partial charge is 0.486 e. The number of H-pyrrole nitrogens is 1. The van der Waals surface area contributed by atoms with Gasteiger partial charge in [-0.2, -0.15) is 0 Å². The molecule has 3 aromatic carbocycles. The number of benzene rings is 3. The maximum Gasteiger partial charge on any atom is 0.253 e. The van der Waals surface area contributed by atoms with Gasteiger partial charge in [0.1, 0.15) is 13.2 Å². The zero-order valence-electron chi connectivity index (χ0n) is 20.5. The Balaban J connectivity index is 1.43. The number of aromatic amines is 1. The van der Waals surface area contributed by atoms with Crippen molar-refractivity contribution in [2.45, 2.75) is 26.8 Å². The first kappa shape index (κ1) is 23.9. The van der Waals surface area contributed by atoms with Crippen LogP contribution in [0.15, 0.2) is 71.5 Å². The van der Waals surface area contributed by atoms with E-state index < -0.39 is 0 Å². The summed E-state index contributed by atoms with van der Waals surface area (Å²) in [7, 11) is 0. The van der Waals surface area contributed by atoms with Crippen LogP contribution in [0.2, 0.25) is 0 Å². The molecule has 0 spiro atoms. The monoisotopic (exact) mass is 499 g/mol. The highest BCUT2D eigenvalue weighted by Gasteiger charge is 2.17. The van der Waals surface area contributed by atoms with E-state index >= 15 is 0 Å². The molecule has 0 fully saturated rings. The molecular weight excluding hydrogens is 470 g/mol. The van der Waals surface area contributed by atoms with Gasteiger partial charge in [0.15, 0.2) is 16.6 Å². The van der Waals surface area contributed by atoms with E-state index in [4.69, 9.17) is 21.7 Å². The zero-order valence-corrected chi connectivity index (χ0v) is 21.3. The summed E-state index contributed by atoms with van der Waals surface area (Å²) in [5.74, 6) is 1.35. The van der Waals surface area contributed by atoms with E-state index in [2.05, 4.69) is 46.4 Å². The maximum absolute atomic E-state index is 13.1. The fourth-order valence-corrected chi connectivity index (χ4v) is 4.71. The first-order chi connectivity index (χ1) is 17.5. The predicted octanol–water partition coefficient (Wildman–Crippen LogP) is 5.36. The fourth-order valence-electron chi connectivity index (χ4n) is 4.43. The van der Waals surface area contributed by atoms with E-state index in [1.807, 2.05) is 49.4 Å². The number of fused-ring (bicyclic) bond motifs is 2. The molecule has 0 aliphatic carbocycles. The third-order valence-corrected chi connectivity index (χ3v) is 6.77. The second-order valence-electron chi connectivity index (χ2n) is 9.10. The SMILES string of the molecule is Cc1cccc(NC(=S)N(CCc2ccccc2C)Cc2cc3cc4c(cc3[nH]c2=O)OCCO4)c1. The van der Waals surface area contributed by atoms with Gasteiger partial charge in [-0.1, -0.05) is 36.4 Å². The topological polar surface area (TPSA) is 66.6 Å². The highest BCUT2D eigenvalue weighted by Crippen LogP contribution is 2.33. The quantitative estimate of drug-likeness (QED) is 0.348. The number of nitrogens with one attached hydrogen (secondary N) is 2. The van der Waals surface area contributed by atoms with Gasteiger partial charge in [0, 0.05) is 29.2 Å². The molecule has 7 heteroatoms. The molecule has 0 amide bonds. The maximum atomic E-state index is 13.1. The summed E-state index contributed by atoms with van der Waals surface area (Å²) in [5, 5.41) is 4.83. The van der Waals surface area contributed by atoms with Crippen LogP contribution >= 0.6 is 12.2 Å². The molecule has 6 nitrogen and oxygen atoms in total. The second kappa shape index (κ2) is 10.4. The van der Waals surface area contributed by atoms with Crippen LogP contribution in [0.5, 0.6) is 11.5 Å². The number of ether oxygens (including phenoxy) is 2. The van der Waals surface area contributed by atoms with Crippen LogP contribution in [-0.2, 0) is 13.0 Å². The third-order valence-electron chi connectivity index (χ3n) is 6.41. The standard InChI is InChI=1S/C29H29N3O3S/c1-19-6-5-9-24(14-19)30-29(36)32(11-10-21-8-4-3-7-20(21)2)18-23-15-22-16-26-27(35-13-12-34-26)17-25(22)31-28(23)33/h3-9,14-17H,10-13,18H2,1-2H3,(H,30,36)(H,31,33). The minimum absolute atomic E-state index is 0.140. The van der Waals surface area contributed by atoms with Crippen LogP contribution < -0.4 is 20.3 Å². The van der Waals surface area contributed by atoms with Gasteiger partial charge in [-0.05, 0) is 73.4 Å². The molecule has 0 bridgehead atoms. The van der Waals surface area contributed by atoms with Crippen molar-refractivity contribution in [3.8, 4) is 11.5 Å². The van der Waals surface area contributed by atoms with Crippen LogP contribution in [0.25, 0.3) is 10.9 Å². The minimum Gasteiger partial charge on any atom is -0.486 e. The lowest BCUT2D eigenvalue weighted by Gasteiger charge is -2.26. The number of rotatable bonds is 6. The number of anilines is 1. The zero-order chi connectivity index (χ0) is 25.1. The Bertz CT molecular complexity index is 1480. The lowest BCUT2D eigenvalue weighted by atomic mass is 10.1. The molecule has 0 saturated heterocycles. The highest BCUT2D eigenvalue weighted by molar-refractivity contribution is 7.80. The van der Waals surface area contributed by atoms with Gasteiger partial charge in [0.25, 0.3) is 5.56 Å². The van der Waals surface area contributed by atoms with E-state index in [-0.39, 0.29) is 5.56 Å². The summed E-state index contributed by atoms with van der Waals surface area (Å²) in [6.07, 6.45) is 0.812. The Morgan fingerprint density at radius 2 is 1.75 bits per heavy atom. The minimum atomic E-state index is -0.140. The van der Waals surface area contributed by atoms with Crippen molar-refractivity contribution in [3.05, 3.63) is 99.3 Å². The van der Waals surface area contributed by atoms with Crippen molar-refractivity contribution in [2.75, 3.05) is 25.1 Å². The molecule has 0 atom stereocenters. The van der Waals surface area contributed by atoms with E-state index in [1.54, 1.807) is 0 Å². The molecule has 1 aromatic heterocycles. The summed E-state index contributed by atoms with van der Waals surface area (Å²) in [5.41, 5.74) is 5.80. The molecule has 0 unspecified atom stereocenters. The Kier molecular flexibility index (Phi) is 6.91. The predicted molar refractivity (Wildman–Crippen MR) is 148 cm³/mol. The molecule has 2 heterocycles. The number of aryl methyl sites for hydroxylation is 2. The third kappa shape index (κ3) is 5.36. The van der Waals surface area contributed by atoms with Crippen LogP contribution in [0.3, 0.4) is 0 Å². The van der Waals surface area contributed by atoms with Crippen molar-refractivity contribution in [1.29, 1.82) is 0 Å². The van der Waals surface area contributed by atoms with Crippen molar-refractivity contribution < 1.29 is 9.47 Å². The first-order valence-electron chi connectivity index (χ1n) is 12.1. The number of hydrogen-bond acceptors (Lipinski definition) is 4. The van der Waals surface area contributed by atoms with Gasteiger partial charge in [-0.25, -0.2) is 0 Å². The molecular formula is C29H29N3O3S. The van der Waals surface area contributed by atoms with Crippen LogP contribution in [-0.4, -0.2) is 34.8 Å². The first-order valence-corrected chi connectivity index (χ1v) is 12.5. The fraction of sp³-hybridized carbons (Fsp3) is 0.241. The normalized spacial score (nSPS) is 12.4. The van der Waals surface area contributed by atoms with Gasteiger partial charge >= 0.3 is 0 Å².